The topological polar surface area (TPSA) is 84.2 Å². The summed E-state index contributed by atoms with van der Waals surface area (Å²) in [4.78, 5) is 23.2. The molecule has 22 heavy (non-hydrogen) atoms. The van der Waals surface area contributed by atoms with Crippen molar-refractivity contribution < 1.29 is 9.32 Å². The van der Waals surface area contributed by atoms with Crippen molar-refractivity contribution in [2.75, 3.05) is 18.0 Å². The van der Waals surface area contributed by atoms with E-state index in [2.05, 4.69) is 25.3 Å². The summed E-state index contributed by atoms with van der Waals surface area (Å²) < 4.78 is 5.01. The van der Waals surface area contributed by atoms with Crippen LogP contribution in [0.3, 0.4) is 0 Å². The van der Waals surface area contributed by atoms with Crippen LogP contribution in [0.25, 0.3) is 0 Å². The molecule has 1 aliphatic heterocycles. The number of anilines is 1. The summed E-state index contributed by atoms with van der Waals surface area (Å²) >= 11 is 0. The van der Waals surface area contributed by atoms with E-state index in [9.17, 15) is 4.79 Å². The van der Waals surface area contributed by atoms with Gasteiger partial charge in [-0.25, -0.2) is 9.97 Å². The Morgan fingerprint density at radius 3 is 2.82 bits per heavy atom. The maximum absolute atomic E-state index is 12.2. The van der Waals surface area contributed by atoms with Gasteiger partial charge in [-0.05, 0) is 32.8 Å². The van der Waals surface area contributed by atoms with E-state index in [1.54, 1.807) is 20.0 Å². The summed E-state index contributed by atoms with van der Waals surface area (Å²) in [5.41, 5.74) is 1.07. The molecule has 1 N–H and O–H groups in total. The Morgan fingerprint density at radius 1 is 1.36 bits per heavy atom. The minimum absolute atomic E-state index is 0.216. The van der Waals surface area contributed by atoms with E-state index in [4.69, 9.17) is 4.52 Å². The largest absolute Gasteiger partial charge is 0.361 e. The molecule has 0 spiro atoms. The molecular weight excluding hydrogens is 282 g/mol. The minimum Gasteiger partial charge on any atom is -0.361 e. The fraction of sp³-hybridized carbons (Fsp3) is 0.467. The van der Waals surface area contributed by atoms with Crippen molar-refractivity contribution in [3.8, 4) is 0 Å². The van der Waals surface area contributed by atoms with Gasteiger partial charge in [0.1, 0.15) is 23.0 Å². The van der Waals surface area contributed by atoms with Crippen molar-refractivity contribution in [2.24, 2.45) is 0 Å². The number of amides is 1. The maximum atomic E-state index is 12.2. The highest BCUT2D eigenvalue weighted by Gasteiger charge is 2.18. The summed E-state index contributed by atoms with van der Waals surface area (Å²) in [6.07, 6.45) is 4.13. The molecule has 1 saturated heterocycles. The molecule has 0 saturated carbocycles. The predicted molar refractivity (Wildman–Crippen MR) is 80.6 cm³/mol. The zero-order chi connectivity index (χ0) is 15.5. The smallest absolute Gasteiger partial charge is 0.257 e. The van der Waals surface area contributed by atoms with Crippen LogP contribution in [-0.4, -0.2) is 34.1 Å². The third-order valence-corrected chi connectivity index (χ3v) is 3.79. The summed E-state index contributed by atoms with van der Waals surface area (Å²) in [6.45, 7) is 5.81. The Hall–Kier alpha value is -2.44. The summed E-state index contributed by atoms with van der Waals surface area (Å²) in [6, 6.07) is 1.91. The van der Waals surface area contributed by atoms with Gasteiger partial charge < -0.3 is 14.7 Å². The Balaban J connectivity index is 1.66. The lowest BCUT2D eigenvalue weighted by Gasteiger charge is -2.16. The van der Waals surface area contributed by atoms with Gasteiger partial charge in [0.25, 0.3) is 5.91 Å². The van der Waals surface area contributed by atoms with Crippen molar-refractivity contribution in [2.45, 2.75) is 33.2 Å². The molecule has 3 heterocycles. The fourth-order valence-corrected chi connectivity index (χ4v) is 2.65. The molecule has 2 aromatic heterocycles. The third-order valence-electron chi connectivity index (χ3n) is 3.79. The lowest BCUT2D eigenvalue weighted by atomic mass is 10.2. The molecule has 0 atom stereocenters. The van der Waals surface area contributed by atoms with Crippen LogP contribution in [-0.2, 0) is 6.54 Å². The quantitative estimate of drug-likeness (QED) is 0.923. The van der Waals surface area contributed by atoms with E-state index >= 15 is 0 Å². The zero-order valence-electron chi connectivity index (χ0n) is 12.8. The number of nitrogens with one attached hydrogen (secondary N) is 1. The van der Waals surface area contributed by atoms with Crippen LogP contribution in [0.2, 0.25) is 0 Å². The molecule has 1 aliphatic rings. The van der Waals surface area contributed by atoms with E-state index in [1.165, 1.54) is 12.8 Å². The number of rotatable bonds is 4. The molecule has 7 heteroatoms. The van der Waals surface area contributed by atoms with Gasteiger partial charge in [0.2, 0.25) is 0 Å². The van der Waals surface area contributed by atoms with E-state index in [1.807, 2.05) is 6.07 Å². The first-order valence-corrected chi connectivity index (χ1v) is 7.43. The lowest BCUT2D eigenvalue weighted by molar-refractivity contribution is 0.0948. The van der Waals surface area contributed by atoms with Gasteiger partial charge in [-0.3, -0.25) is 4.79 Å². The number of nitrogens with zero attached hydrogens (tertiary/aromatic N) is 4. The molecule has 7 nitrogen and oxygen atoms in total. The van der Waals surface area contributed by atoms with Crippen LogP contribution in [0.1, 0.15) is 40.5 Å². The Morgan fingerprint density at radius 2 is 2.14 bits per heavy atom. The van der Waals surface area contributed by atoms with Crippen molar-refractivity contribution in [1.82, 2.24) is 20.4 Å². The van der Waals surface area contributed by atoms with Crippen LogP contribution < -0.4 is 10.2 Å². The molecule has 1 fully saturated rings. The van der Waals surface area contributed by atoms with Crippen molar-refractivity contribution in [3.05, 3.63) is 35.1 Å². The van der Waals surface area contributed by atoms with Crippen molar-refractivity contribution >= 4 is 11.7 Å². The summed E-state index contributed by atoms with van der Waals surface area (Å²) in [5, 5.41) is 6.60. The van der Waals surface area contributed by atoms with Crippen LogP contribution >= 0.6 is 0 Å². The molecular formula is C15H19N5O2. The van der Waals surface area contributed by atoms with Crippen LogP contribution in [0.15, 0.2) is 16.8 Å². The number of aryl methyl sites for hydroxylation is 2. The van der Waals surface area contributed by atoms with Gasteiger partial charge in [-0.1, -0.05) is 5.16 Å². The van der Waals surface area contributed by atoms with E-state index < -0.39 is 0 Å². The SMILES string of the molecule is Cc1noc(C)c1C(=O)NCc1nccc(N2CCCC2)n1. The molecule has 116 valence electrons. The molecule has 0 radical (unpaired) electrons. The molecule has 0 unspecified atom stereocenters. The summed E-state index contributed by atoms with van der Waals surface area (Å²) in [7, 11) is 0. The van der Waals surface area contributed by atoms with E-state index in [-0.39, 0.29) is 12.5 Å². The highest BCUT2D eigenvalue weighted by atomic mass is 16.5. The van der Waals surface area contributed by atoms with Gasteiger partial charge in [0.15, 0.2) is 0 Å². The predicted octanol–water partition coefficient (Wildman–Crippen LogP) is 1.61. The second kappa shape index (κ2) is 6.13. The first kappa shape index (κ1) is 14.5. The standard InChI is InChI=1S/C15H19N5O2/c1-10-14(11(2)22-19-10)15(21)17-9-12-16-6-5-13(18-12)20-7-3-4-8-20/h5-6H,3-4,7-9H2,1-2H3,(H,17,21). The highest BCUT2D eigenvalue weighted by molar-refractivity contribution is 5.95. The van der Waals surface area contributed by atoms with Crippen LogP contribution in [0.5, 0.6) is 0 Å². The number of aromatic nitrogens is 3. The number of carbonyl (C=O) groups is 1. The van der Waals surface area contributed by atoms with Crippen molar-refractivity contribution in [1.29, 1.82) is 0 Å². The lowest BCUT2D eigenvalue weighted by Crippen LogP contribution is -2.26. The second-order valence-corrected chi connectivity index (χ2v) is 5.41. The number of hydrogen-bond donors (Lipinski definition) is 1. The monoisotopic (exact) mass is 301 g/mol. The van der Waals surface area contributed by atoms with Crippen LogP contribution in [0.4, 0.5) is 5.82 Å². The maximum Gasteiger partial charge on any atom is 0.257 e. The highest BCUT2D eigenvalue weighted by Crippen LogP contribution is 2.17. The fourth-order valence-electron chi connectivity index (χ4n) is 2.65. The normalized spacial score (nSPS) is 14.4. The number of hydrogen-bond acceptors (Lipinski definition) is 6. The molecule has 1 amide bonds. The molecule has 0 bridgehead atoms. The molecule has 3 rings (SSSR count). The summed E-state index contributed by atoms with van der Waals surface area (Å²) in [5.74, 6) is 1.83. The van der Waals surface area contributed by atoms with Crippen molar-refractivity contribution in [3.63, 3.8) is 0 Å². The zero-order valence-corrected chi connectivity index (χ0v) is 12.8. The average Bonchev–Trinajstić information content (AvgIpc) is 3.16. The van der Waals surface area contributed by atoms with Gasteiger partial charge >= 0.3 is 0 Å². The molecule has 0 aromatic carbocycles. The molecule has 0 aliphatic carbocycles. The Labute approximate surface area is 128 Å². The van der Waals surface area contributed by atoms with E-state index in [0.717, 1.165) is 18.9 Å². The first-order chi connectivity index (χ1) is 10.6. The van der Waals surface area contributed by atoms with Gasteiger partial charge in [-0.2, -0.15) is 0 Å². The first-order valence-electron chi connectivity index (χ1n) is 7.43. The average molecular weight is 301 g/mol. The number of carbonyl (C=O) groups excluding carboxylic acids is 1. The Kier molecular flexibility index (Phi) is 4.04. The van der Waals surface area contributed by atoms with Crippen LogP contribution in [0, 0.1) is 13.8 Å². The third kappa shape index (κ3) is 2.93. The van der Waals surface area contributed by atoms with Gasteiger partial charge in [-0.15, -0.1) is 0 Å². The van der Waals surface area contributed by atoms with Gasteiger partial charge in [0, 0.05) is 19.3 Å². The van der Waals surface area contributed by atoms with E-state index in [0.29, 0.717) is 22.8 Å². The second-order valence-electron chi connectivity index (χ2n) is 5.41. The minimum atomic E-state index is -0.216. The molecule has 2 aromatic rings. The van der Waals surface area contributed by atoms with Gasteiger partial charge in [0.05, 0.1) is 12.2 Å². The Bertz CT molecular complexity index is 657.